The number of carbonyl (C=O) groups excluding carboxylic acids is 2. The summed E-state index contributed by atoms with van der Waals surface area (Å²) in [5.74, 6) is -1.84. The van der Waals surface area contributed by atoms with Crippen LogP contribution < -0.4 is 0 Å². The van der Waals surface area contributed by atoms with Crippen LogP contribution >= 0.6 is 0 Å². The van der Waals surface area contributed by atoms with E-state index >= 15 is 0 Å². The first-order chi connectivity index (χ1) is 10.1. The predicted molar refractivity (Wildman–Crippen MR) is 76.7 cm³/mol. The van der Waals surface area contributed by atoms with Crippen LogP contribution in [0.15, 0.2) is 12.1 Å². The van der Waals surface area contributed by atoms with Gasteiger partial charge < -0.3 is 9.64 Å². The molecule has 1 fully saturated rings. The van der Waals surface area contributed by atoms with Crippen molar-refractivity contribution in [1.29, 1.82) is 0 Å². The van der Waals surface area contributed by atoms with Crippen molar-refractivity contribution in [1.82, 2.24) is 4.90 Å². The molecule has 1 saturated carbocycles. The molecule has 0 heterocycles. The third-order valence-corrected chi connectivity index (χ3v) is 3.77. The monoisotopic (exact) mass is 311 g/mol. The Morgan fingerprint density at radius 2 is 1.77 bits per heavy atom. The number of hydrogen-bond donors (Lipinski definition) is 0. The number of nitrogens with zero attached hydrogens (tertiary/aromatic N) is 1. The van der Waals surface area contributed by atoms with Gasteiger partial charge in [0.25, 0.3) is 0 Å². The Morgan fingerprint density at radius 1 is 1.27 bits per heavy atom. The first-order valence-electron chi connectivity index (χ1n) is 7.02. The van der Waals surface area contributed by atoms with Gasteiger partial charge in [0.1, 0.15) is 17.2 Å². The van der Waals surface area contributed by atoms with Crippen LogP contribution in [0.25, 0.3) is 0 Å². The van der Waals surface area contributed by atoms with Crippen LogP contribution in [-0.2, 0) is 10.3 Å². The van der Waals surface area contributed by atoms with E-state index in [4.69, 9.17) is 4.74 Å². The second kappa shape index (κ2) is 5.34. The van der Waals surface area contributed by atoms with Gasteiger partial charge in [-0.15, -0.1) is 0 Å². The molecule has 1 aromatic rings. The third kappa shape index (κ3) is 2.96. The Kier molecular flexibility index (Phi) is 3.98. The summed E-state index contributed by atoms with van der Waals surface area (Å²) in [6.45, 7) is 5.24. The Balaban J connectivity index is 2.32. The van der Waals surface area contributed by atoms with Gasteiger partial charge in [-0.2, -0.15) is 0 Å². The lowest BCUT2D eigenvalue weighted by Gasteiger charge is -2.31. The molecule has 1 aliphatic rings. The molecule has 1 amide bonds. The predicted octanol–water partition coefficient (Wildman–Crippen LogP) is 3.63. The maximum Gasteiger partial charge on any atom is 0.410 e. The molecule has 0 atom stereocenters. The highest BCUT2D eigenvalue weighted by Gasteiger charge is 2.51. The maximum atomic E-state index is 13.8. The van der Waals surface area contributed by atoms with Gasteiger partial charge in [-0.05, 0) is 51.3 Å². The van der Waals surface area contributed by atoms with Crippen LogP contribution in [0, 0.1) is 11.6 Å². The molecule has 1 aromatic carbocycles. The van der Waals surface area contributed by atoms with Crippen molar-refractivity contribution in [2.75, 3.05) is 7.05 Å². The largest absolute Gasteiger partial charge is 0.444 e. The molecular formula is C16H19F2NO3. The molecule has 4 nitrogen and oxygen atoms in total. The summed E-state index contributed by atoms with van der Waals surface area (Å²) in [5.41, 5.74) is -1.69. The van der Waals surface area contributed by atoms with Crippen molar-refractivity contribution in [2.45, 2.75) is 44.8 Å². The highest BCUT2D eigenvalue weighted by atomic mass is 19.1. The van der Waals surface area contributed by atoms with Crippen molar-refractivity contribution in [3.8, 4) is 0 Å². The molecule has 0 N–H and O–H groups in total. The average Bonchev–Trinajstić information content (AvgIpc) is 3.16. The molecule has 0 radical (unpaired) electrons. The molecule has 1 aliphatic carbocycles. The number of ether oxygens (including phenoxy) is 1. The molecule has 0 aromatic heterocycles. The zero-order chi connectivity index (χ0) is 16.7. The minimum Gasteiger partial charge on any atom is -0.444 e. The minimum atomic E-state index is -0.922. The van der Waals surface area contributed by atoms with E-state index in [1.165, 1.54) is 4.90 Å². The number of carbonyl (C=O) groups is 2. The van der Waals surface area contributed by atoms with Crippen LogP contribution in [-0.4, -0.2) is 29.9 Å². The van der Waals surface area contributed by atoms with Crippen LogP contribution in [0.4, 0.5) is 13.6 Å². The number of aldehydes is 1. The van der Waals surface area contributed by atoms with E-state index in [1.54, 1.807) is 27.8 Å². The minimum absolute atomic E-state index is 0.144. The van der Waals surface area contributed by atoms with Gasteiger partial charge in [0, 0.05) is 7.05 Å². The average molecular weight is 311 g/mol. The lowest BCUT2D eigenvalue weighted by Crippen LogP contribution is -2.41. The molecule has 0 bridgehead atoms. The van der Waals surface area contributed by atoms with Crippen LogP contribution in [0.1, 0.15) is 49.5 Å². The summed E-state index contributed by atoms with van der Waals surface area (Å²) in [6.07, 6.45) is 0.765. The van der Waals surface area contributed by atoms with E-state index in [0.29, 0.717) is 18.4 Å². The number of hydrogen-bond acceptors (Lipinski definition) is 3. The fourth-order valence-corrected chi connectivity index (χ4v) is 2.41. The van der Waals surface area contributed by atoms with E-state index < -0.39 is 34.4 Å². The summed E-state index contributed by atoms with van der Waals surface area (Å²) < 4.78 is 32.9. The first kappa shape index (κ1) is 16.4. The fourth-order valence-electron chi connectivity index (χ4n) is 2.41. The Labute approximate surface area is 128 Å². The summed E-state index contributed by atoms with van der Waals surface area (Å²) in [4.78, 5) is 24.2. The second-order valence-corrected chi connectivity index (χ2v) is 6.54. The summed E-state index contributed by atoms with van der Waals surface area (Å²) in [5, 5.41) is 0. The first-order valence-corrected chi connectivity index (χ1v) is 7.02. The molecule has 0 spiro atoms. The lowest BCUT2D eigenvalue weighted by molar-refractivity contribution is 0.0189. The van der Waals surface area contributed by atoms with Crippen LogP contribution in [0.2, 0.25) is 0 Å². The van der Waals surface area contributed by atoms with E-state index in [1.807, 2.05) is 0 Å². The zero-order valence-corrected chi connectivity index (χ0v) is 13.1. The SMILES string of the molecule is CN(C(=O)OC(C)(C)C)C1(c2cc(F)c(C=O)c(F)c2)CC1. The van der Waals surface area contributed by atoms with Gasteiger partial charge in [-0.3, -0.25) is 4.79 Å². The van der Waals surface area contributed by atoms with Crippen LogP contribution in [0.3, 0.4) is 0 Å². The Hall–Kier alpha value is -1.98. The molecule has 0 aliphatic heterocycles. The normalized spacial score (nSPS) is 16.1. The van der Waals surface area contributed by atoms with Gasteiger partial charge in [-0.25, -0.2) is 13.6 Å². The topological polar surface area (TPSA) is 46.6 Å². The van der Waals surface area contributed by atoms with E-state index in [9.17, 15) is 18.4 Å². The fraction of sp³-hybridized carbons (Fsp3) is 0.500. The summed E-state index contributed by atoms with van der Waals surface area (Å²) in [7, 11) is 1.55. The van der Waals surface area contributed by atoms with Crippen molar-refractivity contribution < 1.29 is 23.1 Å². The molecular weight excluding hydrogens is 292 g/mol. The number of benzene rings is 1. The second-order valence-electron chi connectivity index (χ2n) is 6.54. The third-order valence-electron chi connectivity index (χ3n) is 3.77. The molecule has 6 heteroatoms. The van der Waals surface area contributed by atoms with E-state index in [-0.39, 0.29) is 6.29 Å². The molecule has 0 saturated heterocycles. The van der Waals surface area contributed by atoms with Gasteiger partial charge in [0.2, 0.25) is 0 Å². The molecule has 2 rings (SSSR count). The highest BCUT2D eigenvalue weighted by molar-refractivity contribution is 5.76. The number of amides is 1. The van der Waals surface area contributed by atoms with E-state index in [0.717, 1.165) is 12.1 Å². The lowest BCUT2D eigenvalue weighted by atomic mass is 10.0. The van der Waals surface area contributed by atoms with Crippen molar-refractivity contribution in [3.63, 3.8) is 0 Å². The van der Waals surface area contributed by atoms with Crippen LogP contribution in [0.5, 0.6) is 0 Å². The molecule has 0 unspecified atom stereocenters. The van der Waals surface area contributed by atoms with Gasteiger partial charge in [0.05, 0.1) is 11.1 Å². The van der Waals surface area contributed by atoms with Gasteiger partial charge in [0.15, 0.2) is 6.29 Å². The standard InChI is InChI=1S/C16H19F2NO3/c1-15(2,3)22-14(21)19(4)16(5-6-16)10-7-12(17)11(9-20)13(18)8-10/h7-9H,5-6H2,1-4H3. The Bertz CT molecular complexity index is 595. The number of halogens is 2. The maximum absolute atomic E-state index is 13.8. The summed E-state index contributed by atoms with van der Waals surface area (Å²) in [6, 6.07) is 2.22. The van der Waals surface area contributed by atoms with Gasteiger partial charge in [-0.1, -0.05) is 0 Å². The number of rotatable bonds is 3. The highest BCUT2D eigenvalue weighted by Crippen LogP contribution is 2.51. The zero-order valence-electron chi connectivity index (χ0n) is 13.1. The molecule has 120 valence electrons. The summed E-state index contributed by atoms with van der Waals surface area (Å²) >= 11 is 0. The molecule has 22 heavy (non-hydrogen) atoms. The van der Waals surface area contributed by atoms with Crippen molar-refractivity contribution >= 4 is 12.4 Å². The smallest absolute Gasteiger partial charge is 0.410 e. The Morgan fingerprint density at radius 3 is 2.14 bits per heavy atom. The van der Waals surface area contributed by atoms with Crippen molar-refractivity contribution in [3.05, 3.63) is 34.9 Å². The van der Waals surface area contributed by atoms with Crippen molar-refractivity contribution in [2.24, 2.45) is 0 Å². The van der Waals surface area contributed by atoms with Gasteiger partial charge >= 0.3 is 6.09 Å². The quantitative estimate of drug-likeness (QED) is 0.801. The van der Waals surface area contributed by atoms with E-state index in [2.05, 4.69) is 0 Å².